The standard InChI is InChI=1S/C29H31N3O2S/c33-28(19-8-2-1-3-9-19)31-25-13-7-5-11-22(25)29(34)32-16-14-23-26(20-15-17-35-18-20)30-24-12-6-4-10-21(24)27(23)32/h1-4,6,8-10,12,15,17-18,22-23,25-27,30H,5,7,11,13-14,16H2,(H,31,33)/t22-,23+,25+,26-,27-/m0/s1. The Morgan fingerprint density at radius 1 is 0.943 bits per heavy atom. The molecule has 6 heteroatoms. The van der Waals surface area contributed by atoms with Crippen molar-refractivity contribution in [3.63, 3.8) is 0 Å². The van der Waals surface area contributed by atoms with Gasteiger partial charge in [0.25, 0.3) is 5.91 Å². The molecule has 0 radical (unpaired) electrons. The number of likely N-dealkylation sites (tertiary alicyclic amines) is 1. The van der Waals surface area contributed by atoms with Crippen LogP contribution in [0.15, 0.2) is 71.4 Å². The minimum absolute atomic E-state index is 0.0669. The fraction of sp³-hybridized carbons (Fsp3) is 0.379. The van der Waals surface area contributed by atoms with E-state index < -0.39 is 0 Å². The Bertz CT molecular complexity index is 1200. The van der Waals surface area contributed by atoms with E-state index in [2.05, 4.69) is 56.6 Å². The van der Waals surface area contributed by atoms with Crippen molar-refractivity contribution in [2.75, 3.05) is 11.9 Å². The molecule has 35 heavy (non-hydrogen) atoms. The quantitative estimate of drug-likeness (QED) is 0.491. The Morgan fingerprint density at radius 2 is 1.74 bits per heavy atom. The average molecular weight is 486 g/mol. The van der Waals surface area contributed by atoms with Crippen molar-refractivity contribution in [3.05, 3.63) is 88.1 Å². The van der Waals surface area contributed by atoms with E-state index in [1.165, 1.54) is 11.1 Å². The summed E-state index contributed by atoms with van der Waals surface area (Å²) in [6.07, 6.45) is 4.74. The molecule has 1 saturated carbocycles. The monoisotopic (exact) mass is 485 g/mol. The Morgan fingerprint density at radius 3 is 2.57 bits per heavy atom. The number of amides is 2. The minimum Gasteiger partial charge on any atom is -0.378 e. The van der Waals surface area contributed by atoms with Gasteiger partial charge in [-0.2, -0.15) is 11.3 Å². The second-order valence-corrected chi connectivity index (χ2v) is 10.8. The van der Waals surface area contributed by atoms with Crippen LogP contribution in [0.25, 0.3) is 0 Å². The number of nitrogens with one attached hydrogen (secondary N) is 2. The Labute approximate surface area is 210 Å². The molecular formula is C29H31N3O2S. The maximum absolute atomic E-state index is 14.1. The highest BCUT2D eigenvalue weighted by molar-refractivity contribution is 7.08. The minimum atomic E-state index is -0.170. The Hall–Kier alpha value is -3.12. The van der Waals surface area contributed by atoms with Crippen LogP contribution in [0.2, 0.25) is 0 Å². The molecule has 0 spiro atoms. The molecule has 1 saturated heterocycles. The van der Waals surface area contributed by atoms with Crippen molar-refractivity contribution in [2.24, 2.45) is 11.8 Å². The number of fused-ring (bicyclic) bond motifs is 3. The first kappa shape index (κ1) is 22.4. The number of hydrogen-bond donors (Lipinski definition) is 2. The van der Waals surface area contributed by atoms with Gasteiger partial charge in [0.1, 0.15) is 0 Å². The number of nitrogens with zero attached hydrogens (tertiary/aromatic N) is 1. The van der Waals surface area contributed by atoms with Gasteiger partial charge in [-0.05, 0) is 65.4 Å². The SMILES string of the molecule is O=C(N[C@@H]1CCCC[C@@H]1C(=O)N1CC[C@@H]2[C@H](c3ccsc3)Nc3ccccc3[C@@H]21)c1ccccc1. The molecule has 2 aliphatic heterocycles. The normalized spacial score (nSPS) is 27.4. The molecule has 0 bridgehead atoms. The van der Waals surface area contributed by atoms with Gasteiger partial charge in [-0.25, -0.2) is 0 Å². The summed E-state index contributed by atoms with van der Waals surface area (Å²) in [6.45, 7) is 0.765. The Kier molecular flexibility index (Phi) is 6.06. The predicted octanol–water partition coefficient (Wildman–Crippen LogP) is 5.79. The third-order valence-corrected chi connectivity index (χ3v) is 8.79. The predicted molar refractivity (Wildman–Crippen MR) is 139 cm³/mol. The van der Waals surface area contributed by atoms with Gasteiger partial charge in [0.2, 0.25) is 5.91 Å². The van der Waals surface area contributed by atoms with E-state index in [0.29, 0.717) is 11.5 Å². The molecule has 1 aliphatic carbocycles. The fourth-order valence-electron chi connectivity index (χ4n) is 6.41. The number of benzene rings is 2. The van der Waals surface area contributed by atoms with Crippen LogP contribution in [0.3, 0.4) is 0 Å². The molecule has 3 heterocycles. The molecule has 180 valence electrons. The number of rotatable bonds is 4. The van der Waals surface area contributed by atoms with Gasteiger partial charge in [-0.3, -0.25) is 9.59 Å². The van der Waals surface area contributed by atoms with E-state index in [-0.39, 0.29) is 35.9 Å². The summed E-state index contributed by atoms with van der Waals surface area (Å²) >= 11 is 1.72. The van der Waals surface area contributed by atoms with Gasteiger partial charge in [-0.15, -0.1) is 0 Å². The van der Waals surface area contributed by atoms with Gasteiger partial charge < -0.3 is 15.5 Å². The van der Waals surface area contributed by atoms with Crippen LogP contribution >= 0.6 is 11.3 Å². The van der Waals surface area contributed by atoms with Crippen molar-refractivity contribution in [2.45, 2.75) is 50.2 Å². The number of carbonyl (C=O) groups excluding carboxylic acids is 2. The van der Waals surface area contributed by atoms with Crippen molar-refractivity contribution >= 4 is 28.8 Å². The molecule has 0 unspecified atom stereocenters. The van der Waals surface area contributed by atoms with Gasteiger partial charge in [0.15, 0.2) is 0 Å². The van der Waals surface area contributed by atoms with E-state index in [1.807, 2.05) is 30.3 Å². The first-order valence-corrected chi connectivity index (χ1v) is 13.7. The molecule has 2 amide bonds. The smallest absolute Gasteiger partial charge is 0.251 e. The van der Waals surface area contributed by atoms with Crippen molar-refractivity contribution in [1.82, 2.24) is 10.2 Å². The van der Waals surface area contributed by atoms with Crippen molar-refractivity contribution < 1.29 is 9.59 Å². The van der Waals surface area contributed by atoms with Gasteiger partial charge >= 0.3 is 0 Å². The van der Waals surface area contributed by atoms with E-state index in [1.54, 1.807) is 11.3 Å². The third kappa shape index (κ3) is 4.14. The maximum Gasteiger partial charge on any atom is 0.251 e. The molecule has 2 fully saturated rings. The molecule has 2 N–H and O–H groups in total. The lowest BCUT2D eigenvalue weighted by Crippen LogP contribution is -2.50. The Balaban J connectivity index is 1.27. The molecule has 5 atom stereocenters. The molecule has 3 aliphatic rings. The molecule has 6 rings (SSSR count). The summed E-state index contributed by atoms with van der Waals surface area (Å²) in [4.78, 5) is 29.2. The second kappa shape index (κ2) is 9.50. The van der Waals surface area contributed by atoms with Crippen LogP contribution in [0.1, 0.15) is 65.7 Å². The number of thiophene rings is 1. The third-order valence-electron chi connectivity index (χ3n) is 8.08. The summed E-state index contributed by atoms with van der Waals surface area (Å²) < 4.78 is 0. The number of hydrogen-bond acceptors (Lipinski definition) is 4. The van der Waals surface area contributed by atoms with Gasteiger partial charge in [-0.1, -0.05) is 49.2 Å². The largest absolute Gasteiger partial charge is 0.378 e. The van der Waals surface area contributed by atoms with Crippen molar-refractivity contribution in [3.8, 4) is 0 Å². The summed E-state index contributed by atoms with van der Waals surface area (Å²) in [6, 6.07) is 20.1. The number of carbonyl (C=O) groups is 2. The van der Waals surface area contributed by atoms with E-state index in [4.69, 9.17) is 0 Å². The number of anilines is 1. The summed E-state index contributed by atoms with van der Waals surface area (Å²) in [5, 5.41) is 11.3. The molecule has 2 aromatic carbocycles. The highest BCUT2D eigenvalue weighted by Gasteiger charge is 2.48. The van der Waals surface area contributed by atoms with Gasteiger partial charge in [0, 0.05) is 29.8 Å². The lowest BCUT2D eigenvalue weighted by Gasteiger charge is -2.41. The summed E-state index contributed by atoms with van der Waals surface area (Å²) in [7, 11) is 0. The highest BCUT2D eigenvalue weighted by Crippen LogP contribution is 2.52. The first-order chi connectivity index (χ1) is 17.2. The summed E-state index contributed by atoms with van der Waals surface area (Å²) in [5.41, 5.74) is 4.30. The second-order valence-electron chi connectivity index (χ2n) is 10.0. The molecule has 1 aromatic heterocycles. The zero-order valence-electron chi connectivity index (χ0n) is 19.7. The van der Waals surface area contributed by atoms with Crippen LogP contribution in [0.4, 0.5) is 5.69 Å². The van der Waals surface area contributed by atoms with Gasteiger partial charge in [0.05, 0.1) is 18.0 Å². The maximum atomic E-state index is 14.1. The van der Waals surface area contributed by atoms with Crippen LogP contribution < -0.4 is 10.6 Å². The van der Waals surface area contributed by atoms with Crippen LogP contribution in [-0.2, 0) is 4.79 Å². The van der Waals surface area contributed by atoms with Crippen LogP contribution in [0.5, 0.6) is 0 Å². The lowest BCUT2D eigenvalue weighted by molar-refractivity contribution is -0.138. The van der Waals surface area contributed by atoms with Crippen LogP contribution in [-0.4, -0.2) is 29.3 Å². The topological polar surface area (TPSA) is 61.4 Å². The summed E-state index contributed by atoms with van der Waals surface area (Å²) in [5.74, 6) is 0.289. The van der Waals surface area contributed by atoms with Crippen molar-refractivity contribution in [1.29, 1.82) is 0 Å². The highest BCUT2D eigenvalue weighted by atomic mass is 32.1. The molecule has 5 nitrogen and oxygen atoms in total. The molecule has 3 aromatic rings. The lowest BCUT2D eigenvalue weighted by atomic mass is 9.79. The average Bonchev–Trinajstić information content (AvgIpc) is 3.60. The van der Waals surface area contributed by atoms with E-state index in [9.17, 15) is 9.59 Å². The molecular weight excluding hydrogens is 454 g/mol. The van der Waals surface area contributed by atoms with E-state index in [0.717, 1.165) is 44.3 Å². The fourth-order valence-corrected chi connectivity index (χ4v) is 7.10. The first-order valence-electron chi connectivity index (χ1n) is 12.7. The number of para-hydroxylation sites is 1. The zero-order valence-corrected chi connectivity index (χ0v) is 20.5. The zero-order chi connectivity index (χ0) is 23.8. The van der Waals surface area contributed by atoms with Crippen LogP contribution in [0, 0.1) is 11.8 Å². The van der Waals surface area contributed by atoms with E-state index >= 15 is 0 Å².